The number of hydrogen-bond donors (Lipinski definition) is 0. The second-order valence-electron chi connectivity index (χ2n) is 8.63. The zero-order valence-electron chi connectivity index (χ0n) is 19.1. The van der Waals surface area contributed by atoms with Crippen molar-refractivity contribution in [1.29, 1.82) is 0 Å². The van der Waals surface area contributed by atoms with Crippen LogP contribution in [0.5, 0.6) is 5.75 Å². The topological polar surface area (TPSA) is 12.5 Å². The van der Waals surface area contributed by atoms with E-state index < -0.39 is 0 Å². The number of benzene rings is 3. The van der Waals surface area contributed by atoms with E-state index in [9.17, 15) is 0 Å². The van der Waals surface area contributed by atoms with Crippen molar-refractivity contribution in [1.82, 2.24) is 4.90 Å². The lowest BCUT2D eigenvalue weighted by molar-refractivity contribution is 0.170. The van der Waals surface area contributed by atoms with Gasteiger partial charge in [0, 0.05) is 28.0 Å². The van der Waals surface area contributed by atoms with Gasteiger partial charge in [0.05, 0.1) is 0 Å². The van der Waals surface area contributed by atoms with Crippen molar-refractivity contribution in [2.75, 3.05) is 6.54 Å². The summed E-state index contributed by atoms with van der Waals surface area (Å²) in [4.78, 5) is 2.57. The molecule has 0 saturated heterocycles. The second kappa shape index (κ2) is 11.5. The monoisotopic (exact) mass is 479 g/mol. The first-order chi connectivity index (χ1) is 15.0. The van der Waals surface area contributed by atoms with Gasteiger partial charge >= 0.3 is 0 Å². The third-order valence-electron chi connectivity index (χ3n) is 5.79. The first-order valence-electron chi connectivity index (χ1n) is 11.2. The molecule has 0 bridgehead atoms. The fourth-order valence-corrected chi connectivity index (χ4v) is 4.62. The van der Waals surface area contributed by atoms with Crippen LogP contribution in [0.25, 0.3) is 0 Å². The van der Waals surface area contributed by atoms with Gasteiger partial charge in [0.2, 0.25) is 0 Å². The van der Waals surface area contributed by atoms with Gasteiger partial charge < -0.3 is 4.74 Å². The van der Waals surface area contributed by atoms with Crippen LogP contribution in [0.15, 0.2) is 83.3 Å². The minimum absolute atomic E-state index is 0.268. The predicted octanol–water partition coefficient (Wildman–Crippen LogP) is 7.67. The molecule has 164 valence electrons. The van der Waals surface area contributed by atoms with Crippen molar-refractivity contribution >= 4 is 15.9 Å². The number of halogens is 1. The highest BCUT2D eigenvalue weighted by molar-refractivity contribution is 9.10. The summed E-state index contributed by atoms with van der Waals surface area (Å²) in [7, 11) is 0. The lowest BCUT2D eigenvalue weighted by Gasteiger charge is -2.32. The summed E-state index contributed by atoms with van der Waals surface area (Å²) in [5.74, 6) is 1.23. The molecular formula is C28H34BrNO. The lowest BCUT2D eigenvalue weighted by atomic mass is 9.87. The molecule has 31 heavy (non-hydrogen) atoms. The Labute approximate surface area is 196 Å². The zero-order valence-corrected chi connectivity index (χ0v) is 20.7. The van der Waals surface area contributed by atoms with Gasteiger partial charge in [-0.05, 0) is 70.0 Å². The summed E-state index contributed by atoms with van der Waals surface area (Å²) in [5.41, 5.74) is 3.75. The molecule has 0 aliphatic carbocycles. The van der Waals surface area contributed by atoms with Gasteiger partial charge in [-0.2, -0.15) is 0 Å². The van der Waals surface area contributed by atoms with Crippen LogP contribution in [0, 0.1) is 0 Å². The highest BCUT2D eigenvalue weighted by atomic mass is 79.9. The molecule has 0 amide bonds. The van der Waals surface area contributed by atoms with Gasteiger partial charge in [0.15, 0.2) is 0 Å². The molecular weight excluding hydrogens is 446 g/mol. The standard InChI is InChI=1S/C28H34BrNO/c1-21(2)30(22(3)4)18-17-26(24-13-9-6-10-14-24)27-19-25(29)15-16-28(27)31-20-23-11-7-5-8-12-23/h5-16,19,21-22,26H,17-18,20H2,1-4H3. The Hall–Kier alpha value is -2.10. The average Bonchev–Trinajstić information content (AvgIpc) is 2.76. The van der Waals surface area contributed by atoms with E-state index in [0.717, 1.165) is 23.2 Å². The molecule has 0 aliphatic rings. The highest BCUT2D eigenvalue weighted by Crippen LogP contribution is 2.37. The third kappa shape index (κ3) is 6.69. The summed E-state index contributed by atoms with van der Waals surface area (Å²) in [6.45, 7) is 10.7. The largest absolute Gasteiger partial charge is 0.489 e. The first-order valence-corrected chi connectivity index (χ1v) is 12.0. The van der Waals surface area contributed by atoms with Crippen molar-refractivity contribution < 1.29 is 4.74 Å². The van der Waals surface area contributed by atoms with Gasteiger partial charge in [-0.3, -0.25) is 4.90 Å². The Kier molecular flexibility index (Phi) is 8.74. The van der Waals surface area contributed by atoms with Gasteiger partial charge in [0.25, 0.3) is 0 Å². The fourth-order valence-electron chi connectivity index (χ4n) is 4.24. The van der Waals surface area contributed by atoms with Crippen LogP contribution in [0.3, 0.4) is 0 Å². The molecule has 3 rings (SSSR count). The summed E-state index contributed by atoms with van der Waals surface area (Å²) in [6, 6.07) is 28.6. The molecule has 3 heteroatoms. The Morgan fingerprint density at radius 1 is 0.806 bits per heavy atom. The van der Waals surface area contributed by atoms with Gasteiger partial charge in [-0.1, -0.05) is 76.6 Å². The SMILES string of the molecule is CC(C)N(CCC(c1ccccc1)c1cc(Br)ccc1OCc1ccccc1)C(C)C. The quantitative estimate of drug-likeness (QED) is 0.295. The van der Waals surface area contributed by atoms with E-state index in [2.05, 4.69) is 121 Å². The number of nitrogens with zero attached hydrogens (tertiary/aromatic N) is 1. The molecule has 0 fully saturated rings. The van der Waals surface area contributed by atoms with Crippen LogP contribution in [-0.2, 0) is 6.61 Å². The molecule has 0 spiro atoms. The molecule has 0 heterocycles. The van der Waals surface area contributed by atoms with Crippen molar-refractivity contribution in [3.63, 3.8) is 0 Å². The van der Waals surface area contributed by atoms with Crippen molar-refractivity contribution in [3.8, 4) is 5.75 Å². The molecule has 3 aromatic carbocycles. The van der Waals surface area contributed by atoms with Crippen LogP contribution in [0.1, 0.15) is 56.7 Å². The van der Waals surface area contributed by atoms with E-state index in [0.29, 0.717) is 18.7 Å². The Morgan fingerprint density at radius 2 is 1.42 bits per heavy atom. The minimum Gasteiger partial charge on any atom is -0.489 e. The summed E-state index contributed by atoms with van der Waals surface area (Å²) in [6.07, 6.45) is 1.04. The van der Waals surface area contributed by atoms with E-state index in [4.69, 9.17) is 4.74 Å². The molecule has 2 nitrogen and oxygen atoms in total. The van der Waals surface area contributed by atoms with E-state index in [-0.39, 0.29) is 5.92 Å². The zero-order chi connectivity index (χ0) is 22.2. The Bertz CT molecular complexity index is 916. The Balaban J connectivity index is 1.91. The molecule has 3 aromatic rings. The van der Waals surface area contributed by atoms with E-state index in [1.54, 1.807) is 0 Å². The molecule has 1 unspecified atom stereocenters. The second-order valence-corrected chi connectivity index (χ2v) is 9.55. The molecule has 0 aromatic heterocycles. The van der Waals surface area contributed by atoms with Crippen molar-refractivity contribution in [3.05, 3.63) is 100 Å². The normalized spacial score (nSPS) is 12.5. The van der Waals surface area contributed by atoms with Crippen molar-refractivity contribution in [2.24, 2.45) is 0 Å². The Morgan fingerprint density at radius 3 is 2.03 bits per heavy atom. The fraction of sp³-hybridized carbons (Fsp3) is 0.357. The number of ether oxygens (including phenoxy) is 1. The molecule has 0 aliphatic heterocycles. The van der Waals surface area contributed by atoms with Crippen LogP contribution in [0.2, 0.25) is 0 Å². The molecule has 0 saturated carbocycles. The van der Waals surface area contributed by atoms with E-state index in [1.807, 2.05) is 6.07 Å². The number of rotatable bonds is 10. The summed E-state index contributed by atoms with van der Waals surface area (Å²) in [5, 5.41) is 0. The van der Waals surface area contributed by atoms with Gasteiger partial charge in [0.1, 0.15) is 12.4 Å². The van der Waals surface area contributed by atoms with Crippen LogP contribution in [0.4, 0.5) is 0 Å². The molecule has 0 radical (unpaired) electrons. The van der Waals surface area contributed by atoms with E-state index >= 15 is 0 Å². The van der Waals surface area contributed by atoms with Crippen molar-refractivity contribution in [2.45, 2.75) is 58.7 Å². The van der Waals surface area contributed by atoms with Gasteiger partial charge in [-0.15, -0.1) is 0 Å². The maximum absolute atomic E-state index is 6.35. The van der Waals surface area contributed by atoms with Crippen LogP contribution >= 0.6 is 15.9 Å². The highest BCUT2D eigenvalue weighted by Gasteiger charge is 2.22. The summed E-state index contributed by atoms with van der Waals surface area (Å²) < 4.78 is 7.43. The molecule has 1 atom stereocenters. The minimum atomic E-state index is 0.268. The van der Waals surface area contributed by atoms with Crippen LogP contribution in [-0.4, -0.2) is 23.5 Å². The predicted molar refractivity (Wildman–Crippen MR) is 135 cm³/mol. The average molecular weight is 480 g/mol. The maximum Gasteiger partial charge on any atom is 0.123 e. The van der Waals surface area contributed by atoms with E-state index in [1.165, 1.54) is 16.7 Å². The summed E-state index contributed by atoms with van der Waals surface area (Å²) >= 11 is 3.69. The smallest absolute Gasteiger partial charge is 0.123 e. The number of hydrogen-bond acceptors (Lipinski definition) is 2. The third-order valence-corrected chi connectivity index (χ3v) is 6.28. The first kappa shape index (κ1) is 23.6. The lowest BCUT2D eigenvalue weighted by Crippen LogP contribution is -2.38. The molecule has 0 N–H and O–H groups in total. The van der Waals surface area contributed by atoms with Crippen LogP contribution < -0.4 is 4.74 Å². The van der Waals surface area contributed by atoms with Gasteiger partial charge in [-0.25, -0.2) is 0 Å². The maximum atomic E-state index is 6.35.